The van der Waals surface area contributed by atoms with Crippen molar-refractivity contribution in [1.29, 1.82) is 0 Å². The van der Waals surface area contributed by atoms with Crippen molar-refractivity contribution in [3.63, 3.8) is 0 Å². The van der Waals surface area contributed by atoms with E-state index in [1.165, 1.54) is 22.2 Å². The maximum atomic E-state index is 12.8. The molecule has 0 saturated heterocycles. The highest BCUT2D eigenvalue weighted by Crippen LogP contribution is 2.22. The number of thiophene rings is 1. The van der Waals surface area contributed by atoms with Crippen LogP contribution in [-0.4, -0.2) is 27.9 Å². The lowest BCUT2D eigenvalue weighted by atomic mass is 10.2. The van der Waals surface area contributed by atoms with Crippen LogP contribution in [0.25, 0.3) is 21.2 Å². The third-order valence-corrected chi connectivity index (χ3v) is 4.96. The molecular formula is C19H14N2O5S. The van der Waals surface area contributed by atoms with E-state index in [1.54, 1.807) is 24.4 Å². The summed E-state index contributed by atoms with van der Waals surface area (Å²) < 4.78 is 11.7. The molecular weight excluding hydrogens is 368 g/mol. The molecule has 8 heteroatoms. The Bertz CT molecular complexity index is 1200. The van der Waals surface area contributed by atoms with Crippen LogP contribution in [0.5, 0.6) is 0 Å². The van der Waals surface area contributed by atoms with Gasteiger partial charge in [0.1, 0.15) is 10.4 Å². The fraction of sp³-hybridized carbons (Fsp3) is 0.158. The number of carbonyl (C=O) groups excluding carboxylic acids is 2. The molecule has 0 bridgehead atoms. The number of carbonyl (C=O) groups is 2. The first-order chi connectivity index (χ1) is 13.1. The summed E-state index contributed by atoms with van der Waals surface area (Å²) in [5.41, 5.74) is 0.304. The van der Waals surface area contributed by atoms with E-state index in [4.69, 9.17) is 9.15 Å². The van der Waals surface area contributed by atoms with Crippen LogP contribution in [0.4, 0.5) is 0 Å². The minimum absolute atomic E-state index is 0.165. The van der Waals surface area contributed by atoms with Gasteiger partial charge in [-0.15, -0.1) is 11.3 Å². The number of benzene rings is 1. The topological polar surface area (TPSA) is 91.4 Å². The van der Waals surface area contributed by atoms with Crippen LogP contribution in [0.1, 0.15) is 27.8 Å². The quantitative estimate of drug-likeness (QED) is 0.389. The number of fused-ring (bicyclic) bond motifs is 2. The summed E-state index contributed by atoms with van der Waals surface area (Å²) >= 11 is 1.18. The molecule has 136 valence electrons. The van der Waals surface area contributed by atoms with Crippen molar-refractivity contribution < 1.29 is 18.7 Å². The first-order valence-corrected chi connectivity index (χ1v) is 9.12. The number of para-hydroxylation sites is 1. The minimum Gasteiger partial charge on any atom is -0.462 e. The van der Waals surface area contributed by atoms with Gasteiger partial charge in [-0.2, -0.15) is 0 Å². The summed E-state index contributed by atoms with van der Waals surface area (Å²) in [6.45, 7) is 1.66. The molecule has 27 heavy (non-hydrogen) atoms. The Morgan fingerprint density at radius 1 is 1.30 bits per heavy atom. The molecule has 4 aromatic rings. The van der Waals surface area contributed by atoms with Gasteiger partial charge in [0.05, 0.1) is 30.4 Å². The minimum atomic E-state index is -0.580. The number of ketones is 1. The lowest BCUT2D eigenvalue weighted by Gasteiger charge is -2.04. The molecule has 0 aliphatic rings. The summed E-state index contributed by atoms with van der Waals surface area (Å²) in [5, 5.41) is 2.52. The predicted molar refractivity (Wildman–Crippen MR) is 100 cm³/mol. The molecule has 0 fully saturated rings. The number of nitrogens with zero attached hydrogens (tertiary/aromatic N) is 2. The van der Waals surface area contributed by atoms with Crippen LogP contribution in [0.2, 0.25) is 0 Å². The zero-order valence-corrected chi connectivity index (χ0v) is 15.1. The van der Waals surface area contributed by atoms with Crippen LogP contribution in [0.3, 0.4) is 0 Å². The van der Waals surface area contributed by atoms with Gasteiger partial charge in [-0.05, 0) is 19.1 Å². The maximum absolute atomic E-state index is 12.8. The van der Waals surface area contributed by atoms with Gasteiger partial charge >= 0.3 is 5.97 Å². The highest BCUT2D eigenvalue weighted by Gasteiger charge is 2.20. The third kappa shape index (κ3) is 3.04. The third-order valence-electron chi connectivity index (χ3n) is 4.07. The van der Waals surface area contributed by atoms with E-state index in [2.05, 4.69) is 4.98 Å². The molecule has 0 atom stereocenters. The van der Waals surface area contributed by atoms with E-state index in [1.807, 2.05) is 18.2 Å². The van der Waals surface area contributed by atoms with Crippen LogP contribution >= 0.6 is 11.3 Å². The first kappa shape index (κ1) is 17.2. The average molecular weight is 382 g/mol. The largest absolute Gasteiger partial charge is 0.462 e. The van der Waals surface area contributed by atoms with Crippen molar-refractivity contribution in [1.82, 2.24) is 9.55 Å². The molecule has 3 aromatic heterocycles. The van der Waals surface area contributed by atoms with E-state index < -0.39 is 11.5 Å². The van der Waals surface area contributed by atoms with Gasteiger partial charge in [0.2, 0.25) is 5.78 Å². The summed E-state index contributed by atoms with van der Waals surface area (Å²) in [6, 6.07) is 8.91. The first-order valence-electron chi connectivity index (χ1n) is 8.24. The molecule has 3 heterocycles. The molecule has 1 aromatic carbocycles. The Balaban J connectivity index is 1.70. The Hall–Kier alpha value is -3.26. The van der Waals surface area contributed by atoms with Crippen molar-refractivity contribution in [2.45, 2.75) is 13.5 Å². The highest BCUT2D eigenvalue weighted by atomic mass is 32.1. The van der Waals surface area contributed by atoms with E-state index in [-0.39, 0.29) is 35.6 Å². The van der Waals surface area contributed by atoms with Gasteiger partial charge in [0.25, 0.3) is 5.56 Å². The number of ether oxygens (including phenoxy) is 1. The Kier molecular flexibility index (Phi) is 4.33. The number of rotatable bonds is 5. The number of esters is 1. The predicted octanol–water partition coefficient (Wildman–Crippen LogP) is 3.26. The number of aromatic nitrogens is 2. The van der Waals surface area contributed by atoms with Crippen LogP contribution in [-0.2, 0) is 11.3 Å². The molecule has 0 aliphatic heterocycles. The molecule has 0 N–H and O–H groups in total. The maximum Gasteiger partial charge on any atom is 0.339 e. The van der Waals surface area contributed by atoms with Crippen molar-refractivity contribution in [3.8, 4) is 0 Å². The second-order valence-corrected chi connectivity index (χ2v) is 6.66. The zero-order chi connectivity index (χ0) is 19.0. The number of hydrogen-bond acceptors (Lipinski definition) is 7. The smallest absolute Gasteiger partial charge is 0.339 e. The summed E-state index contributed by atoms with van der Waals surface area (Å²) in [6.07, 6.45) is 1.30. The van der Waals surface area contributed by atoms with Gasteiger partial charge in [-0.1, -0.05) is 18.2 Å². The number of furan rings is 1. The molecule has 0 aliphatic carbocycles. The van der Waals surface area contributed by atoms with Gasteiger partial charge < -0.3 is 9.15 Å². The lowest BCUT2D eigenvalue weighted by Crippen LogP contribution is -2.25. The Labute approximate surface area is 156 Å². The van der Waals surface area contributed by atoms with E-state index in [0.29, 0.717) is 10.4 Å². The Morgan fingerprint density at radius 3 is 2.89 bits per heavy atom. The van der Waals surface area contributed by atoms with Crippen molar-refractivity contribution >= 4 is 44.3 Å². The molecule has 0 saturated carbocycles. The molecule has 0 spiro atoms. The van der Waals surface area contributed by atoms with Crippen LogP contribution < -0.4 is 5.56 Å². The SMILES string of the molecule is CCOC(=O)c1csc2ncn(CC(=O)c3cc4ccccc4o3)c(=O)c12. The van der Waals surface area contributed by atoms with Crippen LogP contribution in [0, 0.1) is 0 Å². The summed E-state index contributed by atoms with van der Waals surface area (Å²) in [4.78, 5) is 42.0. The standard InChI is InChI=1S/C19H14N2O5S/c1-2-25-19(24)12-9-27-17-16(12)18(23)21(10-20-17)8-13(22)15-7-11-5-3-4-6-14(11)26-15/h3-7,9-10H,2,8H2,1H3. The normalized spacial score (nSPS) is 11.1. The second-order valence-electron chi connectivity index (χ2n) is 5.80. The Morgan fingerprint density at radius 2 is 2.11 bits per heavy atom. The monoisotopic (exact) mass is 382 g/mol. The van der Waals surface area contributed by atoms with E-state index in [0.717, 1.165) is 5.39 Å². The average Bonchev–Trinajstić information content (AvgIpc) is 3.28. The van der Waals surface area contributed by atoms with Gasteiger partial charge in [-0.3, -0.25) is 14.2 Å². The van der Waals surface area contributed by atoms with Crippen LogP contribution in [0.15, 0.2) is 51.3 Å². The molecule has 4 rings (SSSR count). The zero-order valence-electron chi connectivity index (χ0n) is 14.3. The summed E-state index contributed by atoms with van der Waals surface area (Å²) in [7, 11) is 0. The number of hydrogen-bond donors (Lipinski definition) is 0. The van der Waals surface area contributed by atoms with E-state index >= 15 is 0 Å². The van der Waals surface area contributed by atoms with Gasteiger partial charge in [0, 0.05) is 10.8 Å². The molecule has 7 nitrogen and oxygen atoms in total. The molecule has 0 radical (unpaired) electrons. The van der Waals surface area contributed by atoms with Gasteiger partial charge in [0.15, 0.2) is 5.76 Å². The van der Waals surface area contributed by atoms with Crippen molar-refractivity contribution in [2.75, 3.05) is 6.61 Å². The number of Topliss-reactive ketones (excluding diaryl/α,β-unsaturated/α-hetero) is 1. The van der Waals surface area contributed by atoms with E-state index in [9.17, 15) is 14.4 Å². The lowest BCUT2D eigenvalue weighted by molar-refractivity contribution is 0.0529. The van der Waals surface area contributed by atoms with Gasteiger partial charge in [-0.25, -0.2) is 9.78 Å². The summed E-state index contributed by atoms with van der Waals surface area (Å²) in [5.74, 6) is -0.773. The fourth-order valence-electron chi connectivity index (χ4n) is 2.79. The van der Waals surface area contributed by atoms with Crippen molar-refractivity contribution in [3.05, 3.63) is 63.7 Å². The highest BCUT2D eigenvalue weighted by molar-refractivity contribution is 7.17. The van der Waals surface area contributed by atoms with Crippen molar-refractivity contribution in [2.24, 2.45) is 0 Å². The fourth-order valence-corrected chi connectivity index (χ4v) is 3.66. The molecule has 0 unspecified atom stereocenters. The second kappa shape index (κ2) is 6.81. The molecule has 0 amide bonds.